The van der Waals surface area contributed by atoms with Crippen molar-refractivity contribution in [3.8, 4) is 0 Å². The lowest BCUT2D eigenvalue weighted by Gasteiger charge is -2.30. The molecule has 10 heteroatoms. The van der Waals surface area contributed by atoms with E-state index in [9.17, 15) is 18.0 Å². The number of piperidine rings is 1. The number of carbonyl (C=O) groups excluding carboxylic acids is 2. The van der Waals surface area contributed by atoms with E-state index in [0.29, 0.717) is 43.0 Å². The Morgan fingerprint density at radius 1 is 1.18 bits per heavy atom. The smallest absolute Gasteiger partial charge is 0.309 e. The number of carbonyl (C=O) groups is 2. The Bertz CT molecular complexity index is 1110. The third kappa shape index (κ3) is 5.88. The van der Waals surface area contributed by atoms with Crippen molar-refractivity contribution in [3.63, 3.8) is 0 Å². The number of aryl methyl sites for hydroxylation is 1. The zero-order valence-corrected chi connectivity index (χ0v) is 19.9. The highest BCUT2D eigenvalue weighted by Crippen LogP contribution is 2.26. The largest absolute Gasteiger partial charge is 0.466 e. The number of nitrogens with one attached hydrogen (secondary N) is 1. The van der Waals surface area contributed by atoms with Crippen LogP contribution in [-0.2, 0) is 24.3 Å². The minimum absolute atomic E-state index is 0.142. The molecule has 0 radical (unpaired) electrons. The van der Waals surface area contributed by atoms with E-state index < -0.39 is 10.0 Å². The maximum Gasteiger partial charge on any atom is 0.309 e. The van der Waals surface area contributed by atoms with Crippen LogP contribution < -0.4 is 5.32 Å². The van der Waals surface area contributed by atoms with Crippen LogP contribution in [0.4, 0.5) is 5.69 Å². The molecule has 0 unspecified atom stereocenters. The SMILES string of the molecule is CCOC(=O)C1CCN(S(=O)(=O)c2ccc(C=Cc3onc(C)c3NC(=O)CC)cc2)CC1. The number of esters is 1. The molecule has 3 rings (SSSR count). The van der Waals surface area contributed by atoms with E-state index in [1.54, 1.807) is 57.2 Å². The number of ether oxygens (including phenoxy) is 1. The van der Waals surface area contributed by atoms with Gasteiger partial charge in [0.15, 0.2) is 5.76 Å². The highest BCUT2D eigenvalue weighted by atomic mass is 32.2. The van der Waals surface area contributed by atoms with Crippen molar-refractivity contribution in [2.45, 2.75) is 44.9 Å². The highest BCUT2D eigenvalue weighted by molar-refractivity contribution is 7.89. The van der Waals surface area contributed by atoms with Crippen molar-refractivity contribution in [2.24, 2.45) is 5.92 Å². The van der Waals surface area contributed by atoms with Gasteiger partial charge in [0.05, 0.1) is 17.4 Å². The fourth-order valence-corrected chi connectivity index (χ4v) is 5.01. The van der Waals surface area contributed by atoms with Gasteiger partial charge in [0.2, 0.25) is 15.9 Å². The Morgan fingerprint density at radius 2 is 1.85 bits per heavy atom. The molecule has 1 N–H and O–H groups in total. The minimum atomic E-state index is -3.65. The number of hydrogen-bond donors (Lipinski definition) is 1. The van der Waals surface area contributed by atoms with Crippen LogP contribution in [0.5, 0.6) is 0 Å². The lowest BCUT2D eigenvalue weighted by Crippen LogP contribution is -2.40. The molecule has 178 valence electrons. The lowest BCUT2D eigenvalue weighted by atomic mass is 9.98. The van der Waals surface area contributed by atoms with Crippen molar-refractivity contribution < 1.29 is 27.3 Å². The van der Waals surface area contributed by atoms with E-state index in [0.717, 1.165) is 5.56 Å². The van der Waals surface area contributed by atoms with E-state index in [4.69, 9.17) is 9.26 Å². The fourth-order valence-electron chi connectivity index (χ4n) is 3.54. The third-order valence-corrected chi connectivity index (χ3v) is 7.41. The van der Waals surface area contributed by atoms with Crippen molar-refractivity contribution in [2.75, 3.05) is 25.0 Å². The second kappa shape index (κ2) is 10.8. The summed E-state index contributed by atoms with van der Waals surface area (Å²) >= 11 is 0. The molecule has 33 heavy (non-hydrogen) atoms. The van der Waals surface area contributed by atoms with E-state index in [2.05, 4.69) is 10.5 Å². The average Bonchev–Trinajstić information content (AvgIpc) is 3.17. The maximum absolute atomic E-state index is 13.0. The molecule has 0 atom stereocenters. The molecule has 1 aliphatic heterocycles. The quantitative estimate of drug-likeness (QED) is 0.581. The van der Waals surface area contributed by atoms with E-state index in [-0.39, 0.29) is 35.8 Å². The summed E-state index contributed by atoms with van der Waals surface area (Å²) in [5, 5.41) is 6.65. The van der Waals surface area contributed by atoms with Gasteiger partial charge in [-0.3, -0.25) is 9.59 Å². The molecule has 2 aromatic rings. The summed E-state index contributed by atoms with van der Waals surface area (Å²) < 4.78 is 37.7. The summed E-state index contributed by atoms with van der Waals surface area (Å²) in [6.45, 7) is 6.14. The van der Waals surface area contributed by atoms with Gasteiger partial charge in [-0.05, 0) is 50.5 Å². The van der Waals surface area contributed by atoms with Crippen LogP contribution in [0.15, 0.2) is 33.7 Å². The van der Waals surface area contributed by atoms with Gasteiger partial charge < -0.3 is 14.6 Å². The predicted molar refractivity (Wildman–Crippen MR) is 124 cm³/mol. The predicted octanol–water partition coefficient (Wildman–Crippen LogP) is 3.47. The number of rotatable bonds is 8. The first-order valence-electron chi connectivity index (χ1n) is 11.0. The Kier molecular flexibility index (Phi) is 8.04. The standard InChI is InChI=1S/C23H29N3O6S/c1-4-21(27)24-22-16(3)25-32-20(22)11-8-17-6-9-19(10-7-17)33(29,30)26-14-12-18(13-15-26)23(28)31-5-2/h6-11,18H,4-5,12-15H2,1-3H3,(H,24,27). The molecule has 1 aromatic carbocycles. The fraction of sp³-hybridized carbons (Fsp3) is 0.435. The third-order valence-electron chi connectivity index (χ3n) is 5.49. The zero-order chi connectivity index (χ0) is 24.0. The van der Waals surface area contributed by atoms with Crippen LogP contribution in [0, 0.1) is 12.8 Å². The number of anilines is 1. The van der Waals surface area contributed by atoms with Crippen molar-refractivity contribution in [3.05, 3.63) is 41.3 Å². The van der Waals surface area contributed by atoms with E-state index in [1.165, 1.54) is 4.31 Å². The van der Waals surface area contributed by atoms with Crippen LogP contribution in [-0.4, -0.2) is 49.5 Å². The molecular weight excluding hydrogens is 446 g/mol. The first kappa shape index (κ1) is 24.7. The second-order valence-electron chi connectivity index (χ2n) is 7.74. The van der Waals surface area contributed by atoms with Gasteiger partial charge in [0, 0.05) is 19.5 Å². The molecular formula is C23H29N3O6S. The first-order valence-corrected chi connectivity index (χ1v) is 12.4. The topological polar surface area (TPSA) is 119 Å². The highest BCUT2D eigenvalue weighted by Gasteiger charge is 2.32. The lowest BCUT2D eigenvalue weighted by molar-refractivity contribution is -0.149. The Morgan fingerprint density at radius 3 is 2.45 bits per heavy atom. The molecule has 2 heterocycles. The van der Waals surface area contributed by atoms with Gasteiger partial charge in [-0.25, -0.2) is 8.42 Å². The summed E-state index contributed by atoms with van der Waals surface area (Å²) in [5.41, 5.74) is 1.85. The van der Waals surface area contributed by atoms with Crippen LogP contribution in [0.3, 0.4) is 0 Å². The van der Waals surface area contributed by atoms with Crippen LogP contribution in [0.1, 0.15) is 50.1 Å². The molecule has 0 spiro atoms. The summed E-state index contributed by atoms with van der Waals surface area (Å²) in [6.07, 6.45) is 4.67. The zero-order valence-electron chi connectivity index (χ0n) is 19.0. The normalized spacial score (nSPS) is 15.6. The number of sulfonamides is 1. The number of nitrogens with zero attached hydrogens (tertiary/aromatic N) is 2. The van der Waals surface area contributed by atoms with Crippen molar-refractivity contribution >= 4 is 39.7 Å². The average molecular weight is 476 g/mol. The second-order valence-corrected chi connectivity index (χ2v) is 9.68. The molecule has 0 aliphatic carbocycles. The Hall–Kier alpha value is -2.98. The molecule has 0 bridgehead atoms. The monoisotopic (exact) mass is 475 g/mol. The van der Waals surface area contributed by atoms with E-state index >= 15 is 0 Å². The molecule has 0 saturated carbocycles. The molecule has 1 saturated heterocycles. The van der Waals surface area contributed by atoms with E-state index in [1.807, 2.05) is 0 Å². The summed E-state index contributed by atoms with van der Waals surface area (Å²) in [5.74, 6) is -0.243. The summed E-state index contributed by atoms with van der Waals surface area (Å²) in [6, 6.07) is 6.50. The van der Waals surface area contributed by atoms with Gasteiger partial charge in [-0.2, -0.15) is 4.31 Å². The molecule has 1 fully saturated rings. The molecule has 1 amide bonds. The number of hydrogen-bond acceptors (Lipinski definition) is 7. The van der Waals surface area contributed by atoms with Gasteiger partial charge >= 0.3 is 5.97 Å². The Labute approximate surface area is 193 Å². The Balaban J connectivity index is 1.67. The minimum Gasteiger partial charge on any atom is -0.466 e. The van der Waals surface area contributed by atoms with Gasteiger partial charge in [-0.15, -0.1) is 0 Å². The molecule has 1 aliphatic rings. The number of amides is 1. The van der Waals surface area contributed by atoms with Crippen LogP contribution in [0.25, 0.3) is 12.2 Å². The molecule has 1 aromatic heterocycles. The van der Waals surface area contributed by atoms with Gasteiger partial charge in [-0.1, -0.05) is 30.3 Å². The number of aromatic nitrogens is 1. The summed E-state index contributed by atoms with van der Waals surface area (Å²) in [4.78, 5) is 23.8. The summed E-state index contributed by atoms with van der Waals surface area (Å²) in [7, 11) is -3.65. The van der Waals surface area contributed by atoms with Crippen LogP contribution in [0.2, 0.25) is 0 Å². The number of benzene rings is 1. The first-order chi connectivity index (χ1) is 15.8. The van der Waals surface area contributed by atoms with Crippen molar-refractivity contribution in [1.82, 2.24) is 9.46 Å². The van der Waals surface area contributed by atoms with Crippen molar-refractivity contribution in [1.29, 1.82) is 0 Å². The van der Waals surface area contributed by atoms with Crippen LogP contribution >= 0.6 is 0 Å². The van der Waals surface area contributed by atoms with Gasteiger partial charge in [0.1, 0.15) is 11.4 Å². The van der Waals surface area contributed by atoms with Gasteiger partial charge in [0.25, 0.3) is 0 Å². The molecule has 9 nitrogen and oxygen atoms in total. The maximum atomic E-state index is 13.0.